The van der Waals surface area contributed by atoms with Crippen LogP contribution in [-0.2, 0) is 0 Å². The number of nitrogens with zero attached hydrogens (tertiary/aromatic N) is 1. The van der Waals surface area contributed by atoms with E-state index in [1.54, 1.807) is 0 Å². The van der Waals surface area contributed by atoms with Gasteiger partial charge in [0.2, 0.25) is 0 Å². The second-order valence-electron chi connectivity index (χ2n) is 4.03. The van der Waals surface area contributed by atoms with Gasteiger partial charge in [-0.25, -0.2) is 0 Å². The van der Waals surface area contributed by atoms with Crippen LogP contribution in [-0.4, -0.2) is 0 Å². The molecule has 0 saturated carbocycles. The highest BCUT2D eigenvalue weighted by Gasteiger charge is 2.04. The molecular formula is C15H13N. The summed E-state index contributed by atoms with van der Waals surface area (Å²) in [6.45, 7) is 4.06. The van der Waals surface area contributed by atoms with Gasteiger partial charge in [0.15, 0.2) is 0 Å². The van der Waals surface area contributed by atoms with Gasteiger partial charge in [-0.15, -0.1) is 0 Å². The van der Waals surface area contributed by atoms with Gasteiger partial charge in [-0.05, 0) is 36.6 Å². The maximum Gasteiger partial charge on any atom is 0.0998 e. The minimum absolute atomic E-state index is 0.741. The first-order chi connectivity index (χ1) is 7.70. The first kappa shape index (κ1) is 10.4. The molecule has 2 aromatic carbocycles. The van der Waals surface area contributed by atoms with Crippen LogP contribution in [0.1, 0.15) is 16.7 Å². The predicted octanol–water partition coefficient (Wildman–Crippen LogP) is 3.84. The van der Waals surface area contributed by atoms with Crippen LogP contribution in [0.5, 0.6) is 0 Å². The molecule has 0 aliphatic heterocycles. The van der Waals surface area contributed by atoms with Crippen molar-refractivity contribution in [3.63, 3.8) is 0 Å². The van der Waals surface area contributed by atoms with Crippen molar-refractivity contribution in [2.24, 2.45) is 0 Å². The summed E-state index contributed by atoms with van der Waals surface area (Å²) in [7, 11) is 0. The van der Waals surface area contributed by atoms with Crippen LogP contribution < -0.4 is 0 Å². The Kier molecular flexibility index (Phi) is 2.74. The zero-order valence-corrected chi connectivity index (χ0v) is 9.49. The normalized spacial score (nSPS) is 9.81. The van der Waals surface area contributed by atoms with Gasteiger partial charge in [0, 0.05) is 0 Å². The minimum atomic E-state index is 0.741. The van der Waals surface area contributed by atoms with Crippen LogP contribution in [0.2, 0.25) is 0 Å². The van der Waals surface area contributed by atoms with Crippen molar-refractivity contribution in [2.45, 2.75) is 13.8 Å². The molecule has 1 heteroatoms. The summed E-state index contributed by atoms with van der Waals surface area (Å²) in [5, 5.41) is 9.12. The molecule has 0 aliphatic rings. The Hall–Kier alpha value is -2.07. The first-order valence-corrected chi connectivity index (χ1v) is 5.28. The Bertz CT molecular complexity index is 562. The van der Waals surface area contributed by atoms with Gasteiger partial charge in [0.25, 0.3) is 0 Å². The summed E-state index contributed by atoms with van der Waals surface area (Å²) < 4.78 is 0. The minimum Gasteiger partial charge on any atom is -0.192 e. The molecule has 0 bridgehead atoms. The van der Waals surface area contributed by atoms with Gasteiger partial charge in [0.05, 0.1) is 11.6 Å². The van der Waals surface area contributed by atoms with Crippen LogP contribution in [0, 0.1) is 25.2 Å². The third-order valence-electron chi connectivity index (χ3n) is 2.62. The topological polar surface area (TPSA) is 23.8 Å². The van der Waals surface area contributed by atoms with E-state index < -0.39 is 0 Å². The molecule has 0 heterocycles. The highest BCUT2D eigenvalue weighted by atomic mass is 14.2. The summed E-state index contributed by atoms with van der Waals surface area (Å²) in [5.74, 6) is 0. The van der Waals surface area contributed by atoms with E-state index in [4.69, 9.17) is 5.26 Å². The zero-order valence-electron chi connectivity index (χ0n) is 9.49. The number of hydrogen-bond acceptors (Lipinski definition) is 1. The fourth-order valence-electron chi connectivity index (χ4n) is 1.81. The van der Waals surface area contributed by atoms with Gasteiger partial charge in [-0.3, -0.25) is 0 Å². The predicted molar refractivity (Wildman–Crippen MR) is 66.1 cm³/mol. The Labute approximate surface area is 96.0 Å². The molecule has 1 nitrogen and oxygen atoms in total. The summed E-state index contributed by atoms with van der Waals surface area (Å²) in [6, 6.07) is 16.5. The van der Waals surface area contributed by atoms with E-state index in [9.17, 15) is 0 Å². The van der Waals surface area contributed by atoms with E-state index in [0.717, 1.165) is 22.3 Å². The molecule has 0 N–H and O–H groups in total. The van der Waals surface area contributed by atoms with Gasteiger partial charge < -0.3 is 0 Å². The maximum absolute atomic E-state index is 9.12. The molecule has 0 radical (unpaired) electrons. The molecule has 2 rings (SSSR count). The monoisotopic (exact) mass is 207 g/mol. The number of hydrogen-bond donors (Lipinski definition) is 0. The van der Waals surface area contributed by atoms with Gasteiger partial charge >= 0.3 is 0 Å². The fourth-order valence-corrected chi connectivity index (χ4v) is 1.81. The maximum atomic E-state index is 9.12. The molecule has 0 amide bonds. The largest absolute Gasteiger partial charge is 0.192 e. The quantitative estimate of drug-likeness (QED) is 0.697. The van der Waals surface area contributed by atoms with Crippen LogP contribution in [0.15, 0.2) is 42.5 Å². The van der Waals surface area contributed by atoms with Crippen LogP contribution in [0.25, 0.3) is 11.1 Å². The van der Waals surface area contributed by atoms with Crippen LogP contribution in [0.4, 0.5) is 0 Å². The number of benzene rings is 2. The molecule has 0 fully saturated rings. The first-order valence-electron chi connectivity index (χ1n) is 5.28. The second-order valence-corrected chi connectivity index (χ2v) is 4.03. The summed E-state index contributed by atoms with van der Waals surface area (Å²) in [6.07, 6.45) is 0. The average molecular weight is 207 g/mol. The lowest BCUT2D eigenvalue weighted by Gasteiger charge is -2.06. The Balaban J connectivity index is 2.61. The Morgan fingerprint density at radius 1 is 0.938 bits per heavy atom. The van der Waals surface area contributed by atoms with E-state index in [-0.39, 0.29) is 0 Å². The van der Waals surface area contributed by atoms with Crippen molar-refractivity contribution in [3.8, 4) is 17.2 Å². The molecule has 78 valence electrons. The molecule has 0 spiro atoms. The second kappa shape index (κ2) is 4.20. The molecule has 16 heavy (non-hydrogen) atoms. The van der Waals surface area contributed by atoms with Crippen LogP contribution >= 0.6 is 0 Å². The van der Waals surface area contributed by atoms with E-state index in [1.165, 1.54) is 5.56 Å². The lowest BCUT2D eigenvalue weighted by Crippen LogP contribution is -1.86. The molecule has 2 aromatic rings. The third kappa shape index (κ3) is 1.97. The number of nitriles is 1. The summed E-state index contributed by atoms with van der Waals surface area (Å²) >= 11 is 0. The molecular weight excluding hydrogens is 194 g/mol. The molecule has 0 atom stereocenters. The van der Waals surface area contributed by atoms with Crippen LogP contribution in [0.3, 0.4) is 0 Å². The summed E-state index contributed by atoms with van der Waals surface area (Å²) in [4.78, 5) is 0. The molecule has 0 unspecified atom stereocenters. The smallest absolute Gasteiger partial charge is 0.0998 e. The van der Waals surface area contributed by atoms with E-state index >= 15 is 0 Å². The molecule has 0 aliphatic carbocycles. The van der Waals surface area contributed by atoms with E-state index in [0.29, 0.717) is 0 Å². The Morgan fingerprint density at radius 2 is 1.69 bits per heavy atom. The highest BCUT2D eigenvalue weighted by molar-refractivity contribution is 5.71. The van der Waals surface area contributed by atoms with E-state index in [2.05, 4.69) is 25.1 Å². The van der Waals surface area contributed by atoms with Gasteiger partial charge in [0.1, 0.15) is 0 Å². The Morgan fingerprint density at radius 3 is 2.38 bits per heavy atom. The van der Waals surface area contributed by atoms with Crippen molar-refractivity contribution in [1.29, 1.82) is 5.26 Å². The summed E-state index contributed by atoms with van der Waals surface area (Å²) in [5.41, 5.74) is 5.19. The third-order valence-corrected chi connectivity index (χ3v) is 2.62. The van der Waals surface area contributed by atoms with Gasteiger partial charge in [-0.2, -0.15) is 5.26 Å². The van der Waals surface area contributed by atoms with Crippen molar-refractivity contribution in [1.82, 2.24) is 0 Å². The molecule has 0 aromatic heterocycles. The van der Waals surface area contributed by atoms with Crippen molar-refractivity contribution < 1.29 is 0 Å². The SMILES string of the molecule is Cc1cccc(-c2ccc(C)cc2C#N)c1. The average Bonchev–Trinajstić information content (AvgIpc) is 2.28. The molecule has 0 saturated heterocycles. The fraction of sp³-hybridized carbons (Fsp3) is 0.133. The lowest BCUT2D eigenvalue weighted by molar-refractivity contribution is 1.41. The van der Waals surface area contributed by atoms with Gasteiger partial charge in [-0.1, -0.05) is 42.0 Å². The standard InChI is InChI=1S/C15H13N/c1-11-4-3-5-13(8-11)15-7-6-12(2)9-14(15)10-16/h3-9H,1-2H3. The number of aryl methyl sites for hydroxylation is 2. The lowest BCUT2D eigenvalue weighted by atomic mass is 9.97. The van der Waals surface area contributed by atoms with Crippen molar-refractivity contribution in [2.75, 3.05) is 0 Å². The zero-order chi connectivity index (χ0) is 11.5. The van der Waals surface area contributed by atoms with Crippen molar-refractivity contribution >= 4 is 0 Å². The highest BCUT2D eigenvalue weighted by Crippen LogP contribution is 2.24. The van der Waals surface area contributed by atoms with Crippen molar-refractivity contribution in [3.05, 3.63) is 59.2 Å². The number of rotatable bonds is 1. The van der Waals surface area contributed by atoms with E-state index in [1.807, 2.05) is 37.3 Å².